The molecule has 0 heterocycles. The molecule has 0 radical (unpaired) electrons. The number of ether oxygens (including phenoxy) is 4. The number of rotatable bonds is 19. The third-order valence-electron chi connectivity index (χ3n) is 2.96. The lowest BCUT2D eigenvalue weighted by Gasteiger charge is -2.08. The second-order valence-corrected chi connectivity index (χ2v) is 5.05. The topological polar surface area (TPSA) is 86.3 Å². The fourth-order valence-electron chi connectivity index (χ4n) is 1.69. The second-order valence-electron chi connectivity index (χ2n) is 5.05. The van der Waals surface area contributed by atoms with E-state index in [2.05, 4.69) is 12.2 Å². The molecule has 0 unspecified atom stereocenters. The summed E-state index contributed by atoms with van der Waals surface area (Å²) < 4.78 is 21.2. The molecule has 0 aliphatic heterocycles. The molecular weight excluding hydrogens is 302 g/mol. The first-order chi connectivity index (χ1) is 11.3. The van der Waals surface area contributed by atoms with Gasteiger partial charge >= 0.3 is 5.97 Å². The molecule has 0 aliphatic carbocycles. The Kier molecular flexibility index (Phi) is 18.7. The van der Waals surface area contributed by atoms with Gasteiger partial charge in [-0.05, 0) is 13.0 Å². The van der Waals surface area contributed by atoms with E-state index in [4.69, 9.17) is 24.1 Å². The SMILES string of the molecule is CCCCCNCCOCCOCCOCCOCCC(=O)O. The second kappa shape index (κ2) is 19.3. The summed E-state index contributed by atoms with van der Waals surface area (Å²) in [6, 6.07) is 0. The van der Waals surface area contributed by atoms with E-state index in [1.165, 1.54) is 19.3 Å². The van der Waals surface area contributed by atoms with Crippen LogP contribution in [0.2, 0.25) is 0 Å². The van der Waals surface area contributed by atoms with E-state index in [9.17, 15) is 4.79 Å². The van der Waals surface area contributed by atoms with Crippen molar-refractivity contribution in [3.63, 3.8) is 0 Å². The van der Waals surface area contributed by atoms with Gasteiger partial charge in [-0.2, -0.15) is 0 Å². The van der Waals surface area contributed by atoms with E-state index < -0.39 is 5.97 Å². The lowest BCUT2D eigenvalue weighted by atomic mass is 10.2. The normalized spacial score (nSPS) is 11.0. The number of hydrogen-bond acceptors (Lipinski definition) is 6. The van der Waals surface area contributed by atoms with E-state index in [1.807, 2.05) is 0 Å². The molecule has 0 aromatic rings. The van der Waals surface area contributed by atoms with Crippen LogP contribution in [-0.2, 0) is 23.7 Å². The summed E-state index contributed by atoms with van der Waals surface area (Å²) in [5.74, 6) is -0.853. The zero-order valence-corrected chi connectivity index (χ0v) is 14.4. The van der Waals surface area contributed by atoms with Gasteiger partial charge < -0.3 is 29.4 Å². The van der Waals surface area contributed by atoms with Crippen LogP contribution in [0.1, 0.15) is 32.6 Å². The molecule has 138 valence electrons. The van der Waals surface area contributed by atoms with Crippen LogP contribution in [0.3, 0.4) is 0 Å². The van der Waals surface area contributed by atoms with Gasteiger partial charge in [0.15, 0.2) is 0 Å². The van der Waals surface area contributed by atoms with Crippen LogP contribution in [0.5, 0.6) is 0 Å². The molecule has 0 aromatic carbocycles. The summed E-state index contributed by atoms with van der Waals surface area (Å²) in [5.41, 5.74) is 0. The van der Waals surface area contributed by atoms with E-state index in [0.717, 1.165) is 13.1 Å². The predicted octanol–water partition coefficient (Wildman–Crippen LogP) is 1.31. The van der Waals surface area contributed by atoms with Crippen molar-refractivity contribution in [3.8, 4) is 0 Å². The molecule has 0 aromatic heterocycles. The van der Waals surface area contributed by atoms with Crippen LogP contribution in [-0.4, -0.2) is 77.0 Å². The summed E-state index contributed by atoms with van der Waals surface area (Å²) in [4.78, 5) is 10.2. The van der Waals surface area contributed by atoms with E-state index in [-0.39, 0.29) is 13.0 Å². The number of carboxylic acids is 1. The summed E-state index contributed by atoms with van der Waals surface area (Å²) in [7, 11) is 0. The third-order valence-corrected chi connectivity index (χ3v) is 2.96. The summed E-state index contributed by atoms with van der Waals surface area (Å²) in [6.45, 7) is 8.10. The standard InChI is InChI=1S/C16H33NO6/c1-2-3-4-6-17-7-9-21-11-13-23-15-14-22-12-10-20-8-5-16(18)19/h17H,2-15H2,1H3,(H,18,19). The van der Waals surface area contributed by atoms with Crippen molar-refractivity contribution in [1.29, 1.82) is 0 Å². The van der Waals surface area contributed by atoms with Crippen LogP contribution in [0.25, 0.3) is 0 Å². The fraction of sp³-hybridized carbons (Fsp3) is 0.938. The Hall–Kier alpha value is -0.730. The van der Waals surface area contributed by atoms with Crippen molar-refractivity contribution in [3.05, 3.63) is 0 Å². The number of aliphatic carboxylic acids is 1. The van der Waals surface area contributed by atoms with Gasteiger partial charge in [0.2, 0.25) is 0 Å². The maximum atomic E-state index is 10.2. The number of nitrogens with one attached hydrogen (secondary N) is 1. The molecule has 0 atom stereocenters. The van der Waals surface area contributed by atoms with E-state index in [0.29, 0.717) is 46.2 Å². The Balaban J connectivity index is 2.96. The van der Waals surface area contributed by atoms with Gasteiger partial charge in [0, 0.05) is 6.54 Å². The highest BCUT2D eigenvalue weighted by Crippen LogP contribution is 1.90. The maximum Gasteiger partial charge on any atom is 0.305 e. The average molecular weight is 335 g/mol. The van der Waals surface area contributed by atoms with Crippen molar-refractivity contribution in [2.75, 3.05) is 65.9 Å². The quantitative estimate of drug-likeness (QED) is 0.344. The first-order valence-electron chi connectivity index (χ1n) is 8.50. The van der Waals surface area contributed by atoms with Crippen LogP contribution >= 0.6 is 0 Å². The van der Waals surface area contributed by atoms with Crippen molar-refractivity contribution in [2.24, 2.45) is 0 Å². The smallest absolute Gasteiger partial charge is 0.305 e. The monoisotopic (exact) mass is 335 g/mol. The van der Waals surface area contributed by atoms with Gasteiger partial charge in [-0.15, -0.1) is 0 Å². The van der Waals surface area contributed by atoms with Gasteiger partial charge in [-0.3, -0.25) is 4.79 Å². The molecule has 2 N–H and O–H groups in total. The van der Waals surface area contributed by atoms with Crippen LogP contribution in [0.15, 0.2) is 0 Å². The maximum absolute atomic E-state index is 10.2. The Labute approximate surface area is 139 Å². The molecule has 0 fully saturated rings. The van der Waals surface area contributed by atoms with Crippen molar-refractivity contribution in [1.82, 2.24) is 5.32 Å². The number of hydrogen-bond donors (Lipinski definition) is 2. The molecule has 0 amide bonds. The Morgan fingerprint density at radius 3 is 1.83 bits per heavy atom. The first kappa shape index (κ1) is 22.3. The zero-order valence-electron chi connectivity index (χ0n) is 14.4. The Bertz CT molecular complexity index is 253. The predicted molar refractivity (Wildman–Crippen MR) is 87.9 cm³/mol. The molecule has 0 aliphatic rings. The number of carbonyl (C=O) groups is 1. The third kappa shape index (κ3) is 21.3. The minimum atomic E-state index is -0.853. The van der Waals surface area contributed by atoms with Crippen molar-refractivity contribution in [2.45, 2.75) is 32.6 Å². The minimum absolute atomic E-state index is 0.0252. The van der Waals surface area contributed by atoms with Crippen LogP contribution in [0, 0.1) is 0 Å². The number of unbranched alkanes of at least 4 members (excludes halogenated alkanes) is 2. The molecule has 0 spiro atoms. The molecular formula is C16H33NO6. The summed E-state index contributed by atoms with van der Waals surface area (Å²) in [6.07, 6.45) is 3.77. The summed E-state index contributed by atoms with van der Waals surface area (Å²) in [5, 5.41) is 11.7. The molecule has 0 rings (SSSR count). The van der Waals surface area contributed by atoms with Crippen LogP contribution in [0.4, 0.5) is 0 Å². The van der Waals surface area contributed by atoms with Gasteiger partial charge in [0.05, 0.1) is 59.3 Å². The van der Waals surface area contributed by atoms with Gasteiger partial charge in [0.25, 0.3) is 0 Å². The minimum Gasteiger partial charge on any atom is -0.481 e. The summed E-state index contributed by atoms with van der Waals surface area (Å²) >= 11 is 0. The zero-order chi connectivity index (χ0) is 17.0. The highest BCUT2D eigenvalue weighted by Gasteiger charge is 1.96. The van der Waals surface area contributed by atoms with Crippen molar-refractivity contribution < 1.29 is 28.8 Å². The van der Waals surface area contributed by atoms with Crippen LogP contribution < -0.4 is 5.32 Å². The molecule has 23 heavy (non-hydrogen) atoms. The fourth-order valence-corrected chi connectivity index (χ4v) is 1.69. The van der Waals surface area contributed by atoms with Gasteiger partial charge in [0.1, 0.15) is 0 Å². The molecule has 0 bridgehead atoms. The van der Waals surface area contributed by atoms with E-state index in [1.54, 1.807) is 0 Å². The number of carboxylic acid groups (broad SMARTS) is 1. The molecule has 0 saturated carbocycles. The first-order valence-corrected chi connectivity index (χ1v) is 8.50. The molecule has 7 nitrogen and oxygen atoms in total. The molecule has 0 saturated heterocycles. The lowest BCUT2D eigenvalue weighted by Crippen LogP contribution is -2.21. The Morgan fingerprint density at radius 2 is 1.30 bits per heavy atom. The van der Waals surface area contributed by atoms with Crippen molar-refractivity contribution >= 4 is 5.97 Å². The van der Waals surface area contributed by atoms with Gasteiger partial charge in [-0.25, -0.2) is 0 Å². The lowest BCUT2D eigenvalue weighted by molar-refractivity contribution is -0.138. The average Bonchev–Trinajstić information content (AvgIpc) is 2.53. The Morgan fingerprint density at radius 1 is 0.783 bits per heavy atom. The highest BCUT2D eigenvalue weighted by atomic mass is 16.6. The largest absolute Gasteiger partial charge is 0.481 e. The highest BCUT2D eigenvalue weighted by molar-refractivity contribution is 5.66. The molecule has 7 heteroatoms. The van der Waals surface area contributed by atoms with E-state index >= 15 is 0 Å². The van der Waals surface area contributed by atoms with Gasteiger partial charge in [-0.1, -0.05) is 19.8 Å².